The minimum absolute atomic E-state index is 0.823. The fourth-order valence-electron chi connectivity index (χ4n) is 2.75. The van der Waals surface area contributed by atoms with Crippen molar-refractivity contribution in [3.05, 3.63) is 0 Å². The Kier molecular flexibility index (Phi) is 3.78. The second-order valence-electron chi connectivity index (χ2n) is 5.36. The lowest BCUT2D eigenvalue weighted by Crippen LogP contribution is -2.42. The molecule has 0 aromatic heterocycles. The van der Waals surface area contributed by atoms with Gasteiger partial charge in [-0.3, -0.25) is 0 Å². The van der Waals surface area contributed by atoms with Crippen molar-refractivity contribution in [2.75, 3.05) is 14.1 Å². The van der Waals surface area contributed by atoms with Gasteiger partial charge in [-0.15, -0.1) is 0 Å². The van der Waals surface area contributed by atoms with Crippen LogP contribution in [0.4, 0.5) is 0 Å². The molecule has 13 heavy (non-hydrogen) atoms. The molecule has 0 aromatic rings. The van der Waals surface area contributed by atoms with Gasteiger partial charge in [0.25, 0.3) is 0 Å². The quantitative estimate of drug-likeness (QED) is 0.636. The molecule has 1 fully saturated rings. The first-order valence-corrected chi connectivity index (χ1v) is 5.68. The molecule has 78 valence electrons. The van der Waals surface area contributed by atoms with Gasteiger partial charge >= 0.3 is 0 Å². The second-order valence-corrected chi connectivity index (χ2v) is 5.36. The van der Waals surface area contributed by atoms with Crippen molar-refractivity contribution >= 4 is 0 Å². The maximum Gasteiger partial charge on any atom is 0.0122 e. The highest BCUT2D eigenvalue weighted by Gasteiger charge is 2.31. The molecular formula is C12H25N. The van der Waals surface area contributed by atoms with E-state index >= 15 is 0 Å². The molecular weight excluding hydrogens is 158 g/mol. The van der Waals surface area contributed by atoms with E-state index in [-0.39, 0.29) is 0 Å². The number of nitrogens with zero attached hydrogens (tertiary/aromatic N) is 1. The van der Waals surface area contributed by atoms with Gasteiger partial charge < -0.3 is 4.90 Å². The van der Waals surface area contributed by atoms with Crippen molar-refractivity contribution in [2.45, 2.75) is 46.1 Å². The summed E-state index contributed by atoms with van der Waals surface area (Å²) in [7, 11) is 4.47. The molecule has 0 saturated heterocycles. The molecule has 0 heterocycles. The molecule has 0 aliphatic heterocycles. The molecule has 0 N–H and O–H groups in total. The van der Waals surface area contributed by atoms with Gasteiger partial charge in [-0.25, -0.2) is 0 Å². The average molecular weight is 183 g/mol. The SMILES string of the molecule is CC(C)[C@@H]1CC[C@@H](C)C[C@H]1N(C)C. The molecule has 0 unspecified atom stereocenters. The zero-order chi connectivity index (χ0) is 10.0. The predicted octanol–water partition coefficient (Wildman–Crippen LogP) is 3.01. The molecule has 0 bridgehead atoms. The van der Waals surface area contributed by atoms with E-state index < -0.39 is 0 Å². The monoisotopic (exact) mass is 183 g/mol. The fourth-order valence-corrected chi connectivity index (χ4v) is 2.75. The number of hydrogen-bond donors (Lipinski definition) is 0. The van der Waals surface area contributed by atoms with E-state index in [1.165, 1.54) is 19.3 Å². The summed E-state index contributed by atoms with van der Waals surface area (Å²) >= 11 is 0. The van der Waals surface area contributed by atoms with Crippen LogP contribution in [0, 0.1) is 17.8 Å². The van der Waals surface area contributed by atoms with Gasteiger partial charge in [0.2, 0.25) is 0 Å². The summed E-state index contributed by atoms with van der Waals surface area (Å²) in [6.45, 7) is 7.14. The summed E-state index contributed by atoms with van der Waals surface area (Å²) in [4.78, 5) is 2.43. The minimum atomic E-state index is 0.823. The van der Waals surface area contributed by atoms with Gasteiger partial charge in [-0.05, 0) is 44.7 Å². The molecule has 0 spiro atoms. The first-order chi connectivity index (χ1) is 6.02. The lowest BCUT2D eigenvalue weighted by Gasteiger charge is -2.41. The molecule has 0 aromatic carbocycles. The number of rotatable bonds is 2. The lowest BCUT2D eigenvalue weighted by molar-refractivity contribution is 0.0957. The van der Waals surface area contributed by atoms with Gasteiger partial charge in [0.15, 0.2) is 0 Å². The van der Waals surface area contributed by atoms with Crippen LogP contribution in [0.2, 0.25) is 0 Å². The van der Waals surface area contributed by atoms with Crippen molar-refractivity contribution in [1.82, 2.24) is 4.90 Å². The first kappa shape index (κ1) is 11.0. The van der Waals surface area contributed by atoms with Crippen molar-refractivity contribution in [2.24, 2.45) is 17.8 Å². The van der Waals surface area contributed by atoms with Crippen LogP contribution >= 0.6 is 0 Å². The van der Waals surface area contributed by atoms with Crippen LogP contribution in [0.5, 0.6) is 0 Å². The Morgan fingerprint density at radius 2 is 1.77 bits per heavy atom. The Balaban J connectivity index is 2.60. The third-order valence-corrected chi connectivity index (χ3v) is 3.65. The van der Waals surface area contributed by atoms with Crippen molar-refractivity contribution in [1.29, 1.82) is 0 Å². The Morgan fingerprint density at radius 1 is 1.15 bits per heavy atom. The molecule has 1 nitrogen and oxygen atoms in total. The largest absolute Gasteiger partial charge is 0.306 e. The van der Waals surface area contributed by atoms with Gasteiger partial charge in [0.05, 0.1) is 0 Å². The molecule has 1 rings (SSSR count). The summed E-state index contributed by atoms with van der Waals surface area (Å²) in [6, 6.07) is 0.823. The third-order valence-electron chi connectivity index (χ3n) is 3.65. The molecule has 1 aliphatic rings. The van der Waals surface area contributed by atoms with E-state index in [1.54, 1.807) is 0 Å². The van der Waals surface area contributed by atoms with E-state index in [0.717, 1.165) is 23.8 Å². The Morgan fingerprint density at radius 3 is 2.23 bits per heavy atom. The topological polar surface area (TPSA) is 3.24 Å². The highest BCUT2D eigenvalue weighted by molar-refractivity contribution is 4.85. The van der Waals surface area contributed by atoms with Crippen LogP contribution in [-0.2, 0) is 0 Å². The average Bonchev–Trinajstić information content (AvgIpc) is 2.03. The first-order valence-electron chi connectivity index (χ1n) is 5.68. The summed E-state index contributed by atoms with van der Waals surface area (Å²) in [5.74, 6) is 2.70. The fraction of sp³-hybridized carbons (Fsp3) is 1.00. The van der Waals surface area contributed by atoms with Gasteiger partial charge in [0.1, 0.15) is 0 Å². The van der Waals surface area contributed by atoms with Crippen LogP contribution < -0.4 is 0 Å². The maximum absolute atomic E-state index is 2.43. The van der Waals surface area contributed by atoms with Gasteiger partial charge in [-0.1, -0.05) is 27.2 Å². The van der Waals surface area contributed by atoms with Crippen LogP contribution in [-0.4, -0.2) is 25.0 Å². The minimum Gasteiger partial charge on any atom is -0.306 e. The Labute approximate surface area is 83.5 Å². The highest BCUT2D eigenvalue weighted by Crippen LogP contribution is 2.35. The van der Waals surface area contributed by atoms with E-state index in [1.807, 2.05) is 0 Å². The van der Waals surface area contributed by atoms with E-state index in [9.17, 15) is 0 Å². The van der Waals surface area contributed by atoms with Gasteiger partial charge in [-0.2, -0.15) is 0 Å². The molecule has 3 atom stereocenters. The summed E-state index contributed by atoms with van der Waals surface area (Å²) in [5, 5.41) is 0. The van der Waals surface area contributed by atoms with Gasteiger partial charge in [0, 0.05) is 6.04 Å². The third kappa shape index (κ3) is 2.70. The van der Waals surface area contributed by atoms with Crippen LogP contribution in [0.3, 0.4) is 0 Å². The second kappa shape index (κ2) is 4.45. The van der Waals surface area contributed by atoms with Crippen LogP contribution in [0.1, 0.15) is 40.0 Å². The molecule has 0 radical (unpaired) electrons. The zero-order valence-electron chi connectivity index (χ0n) is 9.88. The smallest absolute Gasteiger partial charge is 0.0122 e. The molecule has 1 saturated carbocycles. The number of hydrogen-bond acceptors (Lipinski definition) is 1. The van der Waals surface area contributed by atoms with Crippen molar-refractivity contribution < 1.29 is 0 Å². The predicted molar refractivity (Wildman–Crippen MR) is 58.8 cm³/mol. The van der Waals surface area contributed by atoms with Crippen molar-refractivity contribution in [3.63, 3.8) is 0 Å². The Hall–Kier alpha value is -0.0400. The molecule has 1 heteroatoms. The maximum atomic E-state index is 2.43. The zero-order valence-corrected chi connectivity index (χ0v) is 9.88. The molecule has 1 aliphatic carbocycles. The van der Waals surface area contributed by atoms with Crippen molar-refractivity contribution in [3.8, 4) is 0 Å². The molecule has 0 amide bonds. The lowest BCUT2D eigenvalue weighted by atomic mass is 9.73. The van der Waals surface area contributed by atoms with E-state index in [4.69, 9.17) is 0 Å². The summed E-state index contributed by atoms with van der Waals surface area (Å²) in [6.07, 6.45) is 4.27. The standard InChI is InChI=1S/C12H25N/c1-9(2)11-7-6-10(3)8-12(11)13(4)5/h9-12H,6-8H2,1-5H3/t10-,11+,12-/m1/s1. The summed E-state index contributed by atoms with van der Waals surface area (Å²) in [5.41, 5.74) is 0. The highest BCUT2D eigenvalue weighted by atomic mass is 15.1. The van der Waals surface area contributed by atoms with E-state index in [0.29, 0.717) is 0 Å². The normalized spacial score (nSPS) is 35.8. The van der Waals surface area contributed by atoms with Crippen LogP contribution in [0.15, 0.2) is 0 Å². The van der Waals surface area contributed by atoms with E-state index in [2.05, 4.69) is 39.8 Å². The van der Waals surface area contributed by atoms with Crippen LogP contribution in [0.25, 0.3) is 0 Å². The summed E-state index contributed by atoms with van der Waals surface area (Å²) < 4.78 is 0. The Bertz CT molecular complexity index is 151.